The molecule has 6 nitrogen and oxygen atoms in total. The van der Waals surface area contributed by atoms with Crippen molar-refractivity contribution in [3.63, 3.8) is 0 Å². The maximum Gasteiger partial charge on any atom is 0.408 e. The third kappa shape index (κ3) is 3.45. The van der Waals surface area contributed by atoms with Gasteiger partial charge in [-0.2, -0.15) is 18.3 Å². The van der Waals surface area contributed by atoms with Gasteiger partial charge in [0.15, 0.2) is 23.1 Å². The van der Waals surface area contributed by atoms with Crippen LogP contribution in [0.2, 0.25) is 0 Å². The summed E-state index contributed by atoms with van der Waals surface area (Å²) in [6.07, 6.45) is -2.97. The van der Waals surface area contributed by atoms with Crippen LogP contribution >= 0.6 is 11.3 Å². The summed E-state index contributed by atoms with van der Waals surface area (Å²) >= 11 is 1.25. The standard InChI is InChI=1S/C15H16F3N3O3S/c16-15(17,18)8-21-14(12-11-10(7-25-12)23-5-6-24-11)19-13(20-21)9-1-3-22-4-2-9/h7,9H,1-6,8H2. The Labute approximate surface area is 145 Å². The largest absolute Gasteiger partial charge is 0.485 e. The number of nitrogens with zero attached hydrogens (tertiary/aromatic N) is 3. The van der Waals surface area contributed by atoms with Gasteiger partial charge in [0, 0.05) is 24.5 Å². The summed E-state index contributed by atoms with van der Waals surface area (Å²) in [5.74, 6) is 1.61. The third-order valence-corrected chi connectivity index (χ3v) is 5.04. The van der Waals surface area contributed by atoms with E-state index in [0.717, 1.165) is 4.68 Å². The summed E-state index contributed by atoms with van der Waals surface area (Å²) in [7, 11) is 0. The lowest BCUT2D eigenvalue weighted by Crippen LogP contribution is -2.20. The molecular weight excluding hydrogens is 359 g/mol. The summed E-state index contributed by atoms with van der Waals surface area (Å²) < 4.78 is 56.3. The van der Waals surface area contributed by atoms with E-state index in [4.69, 9.17) is 14.2 Å². The Bertz CT molecular complexity index is 753. The van der Waals surface area contributed by atoms with Gasteiger partial charge in [0.25, 0.3) is 0 Å². The van der Waals surface area contributed by atoms with Crippen LogP contribution in [0.25, 0.3) is 10.7 Å². The number of alkyl halides is 3. The van der Waals surface area contributed by atoms with Crippen LogP contribution in [0.1, 0.15) is 24.6 Å². The first-order valence-corrected chi connectivity index (χ1v) is 8.86. The van der Waals surface area contributed by atoms with E-state index in [1.54, 1.807) is 5.38 Å². The van der Waals surface area contributed by atoms with Gasteiger partial charge in [-0.1, -0.05) is 0 Å². The van der Waals surface area contributed by atoms with Gasteiger partial charge in [-0.05, 0) is 12.8 Å². The average Bonchev–Trinajstić information content (AvgIpc) is 3.18. The zero-order valence-electron chi connectivity index (χ0n) is 13.2. The van der Waals surface area contributed by atoms with Crippen LogP contribution in [-0.4, -0.2) is 47.4 Å². The van der Waals surface area contributed by atoms with Crippen molar-refractivity contribution in [3.8, 4) is 22.2 Å². The Kier molecular flexibility index (Phi) is 4.32. The maximum atomic E-state index is 13.0. The van der Waals surface area contributed by atoms with E-state index < -0.39 is 12.7 Å². The van der Waals surface area contributed by atoms with Gasteiger partial charge >= 0.3 is 6.18 Å². The predicted molar refractivity (Wildman–Crippen MR) is 83.2 cm³/mol. The molecule has 4 rings (SSSR count). The number of hydrogen-bond acceptors (Lipinski definition) is 6. The molecule has 2 aliphatic heterocycles. The molecule has 1 saturated heterocycles. The minimum absolute atomic E-state index is 0.00920. The number of halogens is 3. The minimum Gasteiger partial charge on any atom is -0.485 e. The molecule has 25 heavy (non-hydrogen) atoms. The zero-order valence-corrected chi connectivity index (χ0v) is 14.0. The molecule has 2 aromatic heterocycles. The molecule has 0 aliphatic carbocycles. The van der Waals surface area contributed by atoms with Crippen molar-refractivity contribution in [2.75, 3.05) is 26.4 Å². The third-order valence-electron chi connectivity index (χ3n) is 4.11. The van der Waals surface area contributed by atoms with Gasteiger partial charge < -0.3 is 14.2 Å². The highest BCUT2D eigenvalue weighted by Gasteiger charge is 2.33. The molecule has 0 N–H and O–H groups in total. The van der Waals surface area contributed by atoms with Gasteiger partial charge in [-0.25, -0.2) is 9.67 Å². The quantitative estimate of drug-likeness (QED) is 0.824. The lowest BCUT2D eigenvalue weighted by atomic mass is 10.00. The maximum absolute atomic E-state index is 13.0. The normalized spacial score (nSPS) is 18.5. The van der Waals surface area contributed by atoms with Crippen molar-refractivity contribution in [3.05, 3.63) is 11.2 Å². The Morgan fingerprint density at radius 2 is 1.92 bits per heavy atom. The first-order valence-electron chi connectivity index (χ1n) is 7.98. The second-order valence-electron chi connectivity index (χ2n) is 5.91. The molecule has 10 heteroatoms. The topological polar surface area (TPSA) is 58.4 Å². The van der Waals surface area contributed by atoms with Gasteiger partial charge in [0.2, 0.25) is 0 Å². The SMILES string of the molecule is FC(F)(F)Cn1nc(C2CCOCC2)nc1-c1scc2c1OCCO2. The number of aromatic nitrogens is 3. The van der Waals surface area contributed by atoms with Crippen molar-refractivity contribution in [1.29, 1.82) is 0 Å². The molecule has 2 aromatic rings. The molecule has 0 bridgehead atoms. The van der Waals surface area contributed by atoms with Crippen LogP contribution < -0.4 is 9.47 Å². The fraction of sp³-hybridized carbons (Fsp3) is 0.600. The number of fused-ring (bicyclic) bond motifs is 1. The molecule has 2 aliphatic rings. The van der Waals surface area contributed by atoms with Crippen LogP contribution in [0, 0.1) is 0 Å². The Morgan fingerprint density at radius 3 is 2.68 bits per heavy atom. The fourth-order valence-electron chi connectivity index (χ4n) is 2.95. The predicted octanol–water partition coefficient (Wildman–Crippen LogP) is 3.23. The fourth-order valence-corrected chi connectivity index (χ4v) is 3.88. The summed E-state index contributed by atoms with van der Waals surface area (Å²) in [5, 5.41) is 5.89. The number of ether oxygens (including phenoxy) is 3. The summed E-state index contributed by atoms with van der Waals surface area (Å²) in [6, 6.07) is 0. The molecule has 0 unspecified atom stereocenters. The smallest absolute Gasteiger partial charge is 0.408 e. The Morgan fingerprint density at radius 1 is 1.16 bits per heavy atom. The van der Waals surface area contributed by atoms with E-state index in [-0.39, 0.29) is 11.7 Å². The summed E-state index contributed by atoms with van der Waals surface area (Å²) in [5.41, 5.74) is 0. The van der Waals surface area contributed by atoms with Gasteiger partial charge in [-0.3, -0.25) is 0 Å². The minimum atomic E-state index is -4.38. The van der Waals surface area contributed by atoms with Crippen LogP contribution in [0.4, 0.5) is 13.2 Å². The van der Waals surface area contributed by atoms with Crippen LogP contribution in [0.5, 0.6) is 11.5 Å². The molecule has 0 spiro atoms. The molecule has 1 fully saturated rings. The van der Waals surface area contributed by atoms with E-state index in [9.17, 15) is 13.2 Å². The number of thiophene rings is 1. The van der Waals surface area contributed by atoms with E-state index in [2.05, 4.69) is 10.1 Å². The Hall–Kier alpha value is -1.81. The molecule has 0 radical (unpaired) electrons. The summed E-state index contributed by atoms with van der Waals surface area (Å²) in [4.78, 5) is 4.96. The van der Waals surface area contributed by atoms with Gasteiger partial charge in [0.1, 0.15) is 24.6 Å². The van der Waals surface area contributed by atoms with Crippen molar-refractivity contribution >= 4 is 11.3 Å². The molecule has 0 saturated carbocycles. The van der Waals surface area contributed by atoms with Crippen LogP contribution in [0.3, 0.4) is 0 Å². The summed E-state index contributed by atoms with van der Waals surface area (Å²) in [6.45, 7) is 0.729. The monoisotopic (exact) mass is 375 g/mol. The lowest BCUT2D eigenvalue weighted by Gasteiger charge is -2.18. The van der Waals surface area contributed by atoms with Gasteiger partial charge in [0.05, 0.1) is 0 Å². The highest BCUT2D eigenvalue weighted by molar-refractivity contribution is 7.14. The second kappa shape index (κ2) is 6.49. The van der Waals surface area contributed by atoms with Crippen molar-refractivity contribution in [1.82, 2.24) is 14.8 Å². The molecular formula is C15H16F3N3O3S. The van der Waals surface area contributed by atoms with E-state index in [1.807, 2.05) is 0 Å². The highest BCUT2D eigenvalue weighted by Crippen LogP contribution is 2.45. The van der Waals surface area contributed by atoms with E-state index in [1.165, 1.54) is 11.3 Å². The van der Waals surface area contributed by atoms with Crippen molar-refractivity contribution in [2.24, 2.45) is 0 Å². The highest BCUT2D eigenvalue weighted by atomic mass is 32.1. The molecule has 0 aromatic carbocycles. The van der Waals surface area contributed by atoms with Crippen LogP contribution in [-0.2, 0) is 11.3 Å². The van der Waals surface area contributed by atoms with E-state index >= 15 is 0 Å². The lowest BCUT2D eigenvalue weighted by molar-refractivity contribution is -0.142. The molecule has 0 atom stereocenters. The Balaban J connectivity index is 1.74. The zero-order chi connectivity index (χ0) is 17.4. The molecule has 4 heterocycles. The van der Waals surface area contributed by atoms with E-state index in [0.29, 0.717) is 61.5 Å². The molecule has 136 valence electrons. The van der Waals surface area contributed by atoms with Crippen LogP contribution in [0.15, 0.2) is 5.38 Å². The average molecular weight is 375 g/mol. The number of rotatable bonds is 3. The first-order chi connectivity index (χ1) is 12.0. The van der Waals surface area contributed by atoms with Gasteiger partial charge in [-0.15, -0.1) is 11.3 Å². The molecule has 0 amide bonds. The van der Waals surface area contributed by atoms with Crippen molar-refractivity contribution in [2.45, 2.75) is 31.5 Å². The second-order valence-corrected chi connectivity index (χ2v) is 6.79. The first kappa shape index (κ1) is 16.6. The number of hydrogen-bond donors (Lipinski definition) is 0. The van der Waals surface area contributed by atoms with Crippen molar-refractivity contribution < 1.29 is 27.4 Å².